The van der Waals surface area contributed by atoms with E-state index < -0.39 is 0 Å². The molecule has 0 radical (unpaired) electrons. The predicted octanol–water partition coefficient (Wildman–Crippen LogP) is 3.28. The van der Waals surface area contributed by atoms with E-state index in [0.29, 0.717) is 17.9 Å². The Hall–Kier alpha value is -2.33. The second kappa shape index (κ2) is 7.49. The summed E-state index contributed by atoms with van der Waals surface area (Å²) in [6.45, 7) is 1.57. The molecule has 0 aromatic heterocycles. The maximum atomic E-state index is 12.9. The summed E-state index contributed by atoms with van der Waals surface area (Å²) in [4.78, 5) is 12.9. The molecule has 2 unspecified atom stereocenters. The lowest BCUT2D eigenvalue weighted by Crippen LogP contribution is -2.38. The molecule has 2 aromatic rings. The van der Waals surface area contributed by atoms with Crippen molar-refractivity contribution in [1.82, 2.24) is 5.32 Å². The molecule has 1 saturated heterocycles. The number of nitrogens with one attached hydrogen (secondary N) is 1. The first-order valence-corrected chi connectivity index (χ1v) is 8.25. The fourth-order valence-corrected chi connectivity index (χ4v) is 3.39. The molecule has 0 saturated carbocycles. The second-order valence-electron chi connectivity index (χ2n) is 6.13. The van der Waals surface area contributed by atoms with Gasteiger partial charge in [-0.25, -0.2) is 0 Å². The summed E-state index contributed by atoms with van der Waals surface area (Å²) in [7, 11) is 3.30. The Morgan fingerprint density at radius 3 is 2.67 bits per heavy atom. The van der Waals surface area contributed by atoms with E-state index in [1.54, 1.807) is 14.2 Å². The third-order valence-electron chi connectivity index (χ3n) is 4.65. The summed E-state index contributed by atoms with van der Waals surface area (Å²) in [5, 5.41) is 3.41. The number of para-hydroxylation sites is 1. The zero-order valence-corrected chi connectivity index (χ0v) is 14.1. The topological polar surface area (TPSA) is 47.6 Å². The van der Waals surface area contributed by atoms with Gasteiger partial charge in [0.2, 0.25) is 0 Å². The highest BCUT2D eigenvalue weighted by Gasteiger charge is 2.30. The molecule has 0 amide bonds. The second-order valence-corrected chi connectivity index (χ2v) is 6.13. The van der Waals surface area contributed by atoms with Crippen molar-refractivity contribution in [2.24, 2.45) is 5.92 Å². The highest BCUT2D eigenvalue weighted by molar-refractivity contribution is 5.98. The molecule has 2 aromatic carbocycles. The molecule has 4 heteroatoms. The van der Waals surface area contributed by atoms with Gasteiger partial charge in [-0.3, -0.25) is 4.79 Å². The van der Waals surface area contributed by atoms with Gasteiger partial charge in [-0.1, -0.05) is 30.3 Å². The SMILES string of the molecule is COc1cccc(C(=O)C2CNCC(c3ccccc3OC)C2)c1. The molecular formula is C20H23NO3. The van der Waals surface area contributed by atoms with Crippen LogP contribution in [0.1, 0.15) is 28.3 Å². The highest BCUT2D eigenvalue weighted by Crippen LogP contribution is 2.34. The number of Topliss-reactive ketones (excluding diaryl/α,β-unsaturated/α-hetero) is 1. The fourth-order valence-electron chi connectivity index (χ4n) is 3.39. The van der Waals surface area contributed by atoms with Crippen LogP contribution >= 0.6 is 0 Å². The number of rotatable bonds is 5. The minimum Gasteiger partial charge on any atom is -0.497 e. The summed E-state index contributed by atoms with van der Waals surface area (Å²) in [5.41, 5.74) is 1.87. The van der Waals surface area contributed by atoms with E-state index in [1.165, 1.54) is 0 Å². The number of ether oxygens (including phenoxy) is 2. The van der Waals surface area contributed by atoms with Crippen LogP contribution in [0.15, 0.2) is 48.5 Å². The van der Waals surface area contributed by atoms with E-state index in [0.717, 1.165) is 24.3 Å². The summed E-state index contributed by atoms with van der Waals surface area (Å²) in [6, 6.07) is 15.4. The number of ketones is 1. The van der Waals surface area contributed by atoms with Crippen LogP contribution < -0.4 is 14.8 Å². The summed E-state index contributed by atoms with van der Waals surface area (Å²) in [6.07, 6.45) is 0.823. The lowest BCUT2D eigenvalue weighted by Gasteiger charge is -2.30. The smallest absolute Gasteiger partial charge is 0.167 e. The normalized spacial score (nSPS) is 20.4. The summed E-state index contributed by atoms with van der Waals surface area (Å²) in [5.74, 6) is 2.00. The van der Waals surface area contributed by atoms with Gasteiger partial charge in [-0.05, 0) is 30.2 Å². The maximum absolute atomic E-state index is 12.9. The van der Waals surface area contributed by atoms with Crippen LogP contribution in [-0.4, -0.2) is 33.1 Å². The average molecular weight is 325 g/mol. The van der Waals surface area contributed by atoms with E-state index in [1.807, 2.05) is 42.5 Å². The zero-order chi connectivity index (χ0) is 16.9. The van der Waals surface area contributed by atoms with Gasteiger partial charge in [0, 0.05) is 30.5 Å². The van der Waals surface area contributed by atoms with Crippen LogP contribution in [0.25, 0.3) is 0 Å². The first kappa shape index (κ1) is 16.5. The van der Waals surface area contributed by atoms with Gasteiger partial charge >= 0.3 is 0 Å². The highest BCUT2D eigenvalue weighted by atomic mass is 16.5. The number of piperidine rings is 1. The third-order valence-corrected chi connectivity index (χ3v) is 4.65. The van der Waals surface area contributed by atoms with E-state index in [4.69, 9.17) is 9.47 Å². The maximum Gasteiger partial charge on any atom is 0.167 e. The van der Waals surface area contributed by atoms with Crippen molar-refractivity contribution in [1.29, 1.82) is 0 Å². The predicted molar refractivity (Wildman–Crippen MR) is 94.0 cm³/mol. The number of carbonyl (C=O) groups excluding carboxylic acids is 1. The molecule has 1 fully saturated rings. The fraction of sp³-hybridized carbons (Fsp3) is 0.350. The quantitative estimate of drug-likeness (QED) is 0.857. The third kappa shape index (κ3) is 3.44. The minimum atomic E-state index is -0.0410. The van der Waals surface area contributed by atoms with Gasteiger partial charge in [0.05, 0.1) is 14.2 Å². The van der Waals surface area contributed by atoms with Crippen molar-refractivity contribution in [2.75, 3.05) is 27.3 Å². The molecule has 4 nitrogen and oxygen atoms in total. The molecule has 1 aliphatic heterocycles. The average Bonchev–Trinajstić information content (AvgIpc) is 2.67. The van der Waals surface area contributed by atoms with Gasteiger partial charge in [0.15, 0.2) is 5.78 Å². The van der Waals surface area contributed by atoms with Crippen LogP contribution in [0.3, 0.4) is 0 Å². The van der Waals surface area contributed by atoms with E-state index in [9.17, 15) is 4.79 Å². The Bertz CT molecular complexity index is 714. The molecular weight excluding hydrogens is 302 g/mol. The van der Waals surface area contributed by atoms with Gasteiger partial charge < -0.3 is 14.8 Å². The van der Waals surface area contributed by atoms with Crippen LogP contribution in [-0.2, 0) is 0 Å². The first-order valence-electron chi connectivity index (χ1n) is 8.25. The first-order chi connectivity index (χ1) is 11.7. The van der Waals surface area contributed by atoms with Crippen molar-refractivity contribution in [3.63, 3.8) is 0 Å². The molecule has 1 aliphatic rings. The van der Waals surface area contributed by atoms with Crippen molar-refractivity contribution in [2.45, 2.75) is 12.3 Å². The van der Waals surface area contributed by atoms with Crippen LogP contribution in [0.2, 0.25) is 0 Å². The number of benzene rings is 2. The molecule has 3 rings (SSSR count). The Kier molecular flexibility index (Phi) is 5.16. The van der Waals surface area contributed by atoms with Gasteiger partial charge in [-0.2, -0.15) is 0 Å². The van der Waals surface area contributed by atoms with Crippen LogP contribution in [0.5, 0.6) is 11.5 Å². The number of hydrogen-bond donors (Lipinski definition) is 1. The Labute approximate surface area is 142 Å². The lowest BCUT2D eigenvalue weighted by molar-refractivity contribution is 0.0891. The van der Waals surface area contributed by atoms with E-state index >= 15 is 0 Å². The Morgan fingerprint density at radius 1 is 1.04 bits per heavy atom. The van der Waals surface area contributed by atoms with Gasteiger partial charge in [-0.15, -0.1) is 0 Å². The molecule has 0 bridgehead atoms. The van der Waals surface area contributed by atoms with Gasteiger partial charge in [0.25, 0.3) is 0 Å². The van der Waals surface area contributed by atoms with Crippen molar-refractivity contribution >= 4 is 5.78 Å². The molecule has 1 heterocycles. The number of carbonyl (C=O) groups is 1. The van der Waals surface area contributed by atoms with Crippen molar-refractivity contribution in [3.05, 3.63) is 59.7 Å². The number of hydrogen-bond acceptors (Lipinski definition) is 4. The van der Waals surface area contributed by atoms with Crippen LogP contribution in [0, 0.1) is 5.92 Å². The molecule has 0 aliphatic carbocycles. The molecule has 126 valence electrons. The van der Waals surface area contributed by atoms with Crippen molar-refractivity contribution < 1.29 is 14.3 Å². The largest absolute Gasteiger partial charge is 0.497 e. The molecule has 1 N–H and O–H groups in total. The van der Waals surface area contributed by atoms with Crippen LogP contribution in [0.4, 0.5) is 0 Å². The standard InChI is InChI=1S/C20H23NO3/c1-23-17-7-5-6-14(11-17)20(22)16-10-15(12-21-13-16)18-8-3-4-9-19(18)24-2/h3-9,11,15-16,21H,10,12-13H2,1-2H3. The summed E-state index contributed by atoms with van der Waals surface area (Å²) < 4.78 is 10.7. The van der Waals surface area contributed by atoms with E-state index in [-0.39, 0.29) is 17.6 Å². The lowest BCUT2D eigenvalue weighted by atomic mass is 9.81. The Morgan fingerprint density at radius 2 is 1.88 bits per heavy atom. The Balaban J connectivity index is 1.79. The van der Waals surface area contributed by atoms with E-state index in [2.05, 4.69) is 11.4 Å². The number of methoxy groups -OCH3 is 2. The minimum absolute atomic E-state index is 0.0410. The van der Waals surface area contributed by atoms with Crippen molar-refractivity contribution in [3.8, 4) is 11.5 Å². The monoisotopic (exact) mass is 325 g/mol. The molecule has 0 spiro atoms. The summed E-state index contributed by atoms with van der Waals surface area (Å²) >= 11 is 0. The molecule has 24 heavy (non-hydrogen) atoms. The molecule has 2 atom stereocenters. The van der Waals surface area contributed by atoms with Gasteiger partial charge in [0.1, 0.15) is 11.5 Å². The zero-order valence-electron chi connectivity index (χ0n) is 14.1.